The molecule has 2 aromatic carbocycles. The smallest absolute Gasteiger partial charge is 0.323 e. The number of benzene rings is 2. The van der Waals surface area contributed by atoms with Crippen molar-refractivity contribution in [2.75, 3.05) is 18.5 Å². The Hall–Kier alpha value is -3.46. The van der Waals surface area contributed by atoms with E-state index in [1.165, 1.54) is 6.92 Å². The van der Waals surface area contributed by atoms with Gasteiger partial charge in [-0.3, -0.25) is 9.59 Å². The molecule has 162 valence electrons. The van der Waals surface area contributed by atoms with Gasteiger partial charge in [-0.25, -0.2) is 4.79 Å². The van der Waals surface area contributed by atoms with Crippen LogP contribution in [-0.4, -0.2) is 41.2 Å². The third-order valence-electron chi connectivity index (χ3n) is 4.67. The third kappa shape index (κ3) is 4.83. The number of amides is 1. The molecule has 1 aromatic heterocycles. The van der Waals surface area contributed by atoms with Gasteiger partial charge < -0.3 is 29.5 Å². The molecule has 3 N–H and O–H groups in total. The van der Waals surface area contributed by atoms with Crippen LogP contribution in [0.1, 0.15) is 18.9 Å². The number of nitrogens with one attached hydrogen (secondary N) is 3. The number of halogens is 1. The largest absolute Gasteiger partial charge is 0.489 e. The van der Waals surface area contributed by atoms with Gasteiger partial charge in [0.25, 0.3) is 5.91 Å². The Morgan fingerprint density at radius 2 is 1.94 bits per heavy atom. The van der Waals surface area contributed by atoms with Crippen LogP contribution >= 0.6 is 11.6 Å². The predicted molar refractivity (Wildman–Crippen MR) is 114 cm³/mol. The molecule has 1 aliphatic rings. The topological polar surface area (TPSA) is 123 Å². The molecule has 0 spiro atoms. The van der Waals surface area contributed by atoms with E-state index in [9.17, 15) is 14.4 Å². The molecular formula is C21H20ClN3O6. The van der Waals surface area contributed by atoms with Crippen molar-refractivity contribution in [3.63, 3.8) is 0 Å². The highest BCUT2D eigenvalue weighted by molar-refractivity contribution is 6.32. The molecule has 4 rings (SSSR count). The van der Waals surface area contributed by atoms with Gasteiger partial charge in [-0.15, -0.1) is 0 Å². The fourth-order valence-electron chi connectivity index (χ4n) is 3.20. The number of fused-ring (bicyclic) bond motifs is 2. The Labute approximate surface area is 181 Å². The lowest BCUT2D eigenvalue weighted by atomic mass is 10.1. The van der Waals surface area contributed by atoms with E-state index in [-0.39, 0.29) is 12.1 Å². The maximum atomic E-state index is 12.4. The fourth-order valence-corrected chi connectivity index (χ4v) is 3.49. The van der Waals surface area contributed by atoms with Crippen molar-refractivity contribution in [2.24, 2.45) is 0 Å². The highest BCUT2D eigenvalue weighted by Gasteiger charge is 2.21. The van der Waals surface area contributed by atoms with E-state index in [0.29, 0.717) is 52.0 Å². The lowest BCUT2D eigenvalue weighted by molar-refractivity contribution is -0.152. The van der Waals surface area contributed by atoms with Crippen molar-refractivity contribution >= 4 is 40.2 Å². The summed E-state index contributed by atoms with van der Waals surface area (Å²) in [7, 11) is 0. The molecule has 0 fully saturated rings. The average Bonchev–Trinajstić information content (AvgIpc) is 2.91. The van der Waals surface area contributed by atoms with Gasteiger partial charge >= 0.3 is 11.7 Å². The number of ether oxygens (including phenoxy) is 3. The second-order valence-corrected chi connectivity index (χ2v) is 7.50. The zero-order valence-electron chi connectivity index (χ0n) is 16.6. The first-order chi connectivity index (χ1) is 14.9. The Bertz CT molecular complexity index is 1200. The molecule has 9 nitrogen and oxygen atoms in total. The van der Waals surface area contributed by atoms with E-state index in [0.717, 1.165) is 6.42 Å². The number of esters is 1. The number of aromatic nitrogens is 2. The summed E-state index contributed by atoms with van der Waals surface area (Å²) in [6.45, 7) is 2.48. The van der Waals surface area contributed by atoms with Gasteiger partial charge in [0, 0.05) is 12.1 Å². The third-order valence-corrected chi connectivity index (χ3v) is 4.95. The number of H-pyrrole nitrogens is 2. The number of anilines is 1. The summed E-state index contributed by atoms with van der Waals surface area (Å²) in [5.74, 6) is -0.137. The second-order valence-electron chi connectivity index (χ2n) is 7.09. The molecule has 1 atom stereocenters. The summed E-state index contributed by atoms with van der Waals surface area (Å²) in [6.07, 6.45) is -0.364. The van der Waals surface area contributed by atoms with Crippen LogP contribution in [-0.2, 0) is 20.7 Å². The molecule has 0 saturated heterocycles. The number of hydrogen-bond donors (Lipinski definition) is 3. The minimum Gasteiger partial charge on any atom is -0.489 e. The molecule has 1 aliphatic heterocycles. The highest BCUT2D eigenvalue weighted by Crippen LogP contribution is 2.38. The van der Waals surface area contributed by atoms with Crippen molar-refractivity contribution in [2.45, 2.75) is 25.9 Å². The van der Waals surface area contributed by atoms with Crippen LogP contribution in [0.3, 0.4) is 0 Å². The molecule has 0 aliphatic carbocycles. The van der Waals surface area contributed by atoms with Gasteiger partial charge in [-0.05, 0) is 42.8 Å². The molecule has 3 aromatic rings. The van der Waals surface area contributed by atoms with Gasteiger partial charge in [-0.1, -0.05) is 11.6 Å². The number of hydrogen-bond acceptors (Lipinski definition) is 6. The summed E-state index contributed by atoms with van der Waals surface area (Å²) in [5, 5.41) is 3.01. The molecule has 0 radical (unpaired) electrons. The number of imidazole rings is 1. The number of carbonyl (C=O) groups is 2. The van der Waals surface area contributed by atoms with Crippen LogP contribution in [0.25, 0.3) is 11.0 Å². The molecule has 1 unspecified atom stereocenters. The second kappa shape index (κ2) is 8.73. The van der Waals surface area contributed by atoms with E-state index in [1.54, 1.807) is 30.3 Å². The molecule has 0 bridgehead atoms. The number of rotatable bonds is 5. The molecule has 10 heteroatoms. The fraction of sp³-hybridized carbons (Fsp3) is 0.286. The van der Waals surface area contributed by atoms with E-state index >= 15 is 0 Å². The molecule has 31 heavy (non-hydrogen) atoms. The van der Waals surface area contributed by atoms with Crippen LogP contribution in [0.2, 0.25) is 5.02 Å². The van der Waals surface area contributed by atoms with Gasteiger partial charge in [0.05, 0.1) is 35.7 Å². The lowest BCUT2D eigenvalue weighted by Crippen LogP contribution is -2.30. The van der Waals surface area contributed by atoms with E-state index in [1.807, 2.05) is 0 Å². The minimum atomic E-state index is -1.02. The van der Waals surface area contributed by atoms with Gasteiger partial charge in [0.1, 0.15) is 0 Å². The molecule has 2 heterocycles. The Morgan fingerprint density at radius 1 is 1.16 bits per heavy atom. The van der Waals surface area contributed by atoms with E-state index in [2.05, 4.69) is 15.3 Å². The van der Waals surface area contributed by atoms with Gasteiger partial charge in [0.15, 0.2) is 17.6 Å². The monoisotopic (exact) mass is 445 g/mol. The minimum absolute atomic E-state index is 0.0788. The van der Waals surface area contributed by atoms with Crippen molar-refractivity contribution in [1.82, 2.24) is 9.97 Å². The zero-order valence-corrected chi connectivity index (χ0v) is 17.4. The summed E-state index contributed by atoms with van der Waals surface area (Å²) in [4.78, 5) is 41.3. The molecule has 1 amide bonds. The average molecular weight is 446 g/mol. The van der Waals surface area contributed by atoms with Gasteiger partial charge in [0.2, 0.25) is 0 Å². The first-order valence-corrected chi connectivity index (χ1v) is 10.1. The molecule has 0 saturated carbocycles. The predicted octanol–water partition coefficient (Wildman–Crippen LogP) is 2.78. The van der Waals surface area contributed by atoms with E-state index in [4.69, 9.17) is 25.8 Å². The SMILES string of the molecule is CC(OC(=O)Cc1cc(Cl)c2c(c1)OCCCO2)C(=O)Nc1ccc2[nH]c(=O)[nH]c2c1. The first kappa shape index (κ1) is 20.8. The number of carbonyl (C=O) groups excluding carboxylic acids is 2. The summed E-state index contributed by atoms with van der Waals surface area (Å²) < 4.78 is 16.4. The maximum Gasteiger partial charge on any atom is 0.323 e. The highest BCUT2D eigenvalue weighted by atomic mass is 35.5. The molecular weight excluding hydrogens is 426 g/mol. The Morgan fingerprint density at radius 3 is 2.77 bits per heavy atom. The quantitative estimate of drug-likeness (QED) is 0.519. The zero-order chi connectivity index (χ0) is 22.0. The summed E-state index contributed by atoms with van der Waals surface area (Å²) >= 11 is 6.25. The standard InChI is InChI=1S/C21H20ClN3O6/c1-11(20(27)23-13-3-4-15-16(10-13)25-21(28)24-15)31-18(26)9-12-7-14(22)19-17(8-12)29-5-2-6-30-19/h3-4,7-8,10-11H,2,5-6,9H2,1H3,(H,23,27)(H2,24,25,28). The normalized spacial score (nSPS) is 14.0. The van der Waals surface area contributed by atoms with Gasteiger partial charge in [-0.2, -0.15) is 0 Å². The van der Waals surface area contributed by atoms with Crippen LogP contribution in [0.15, 0.2) is 35.1 Å². The lowest BCUT2D eigenvalue weighted by Gasteiger charge is -2.15. The van der Waals surface area contributed by atoms with Crippen LogP contribution in [0.5, 0.6) is 11.5 Å². The Kier molecular flexibility index (Phi) is 5.85. The Balaban J connectivity index is 1.37. The van der Waals surface area contributed by atoms with Crippen LogP contribution < -0.4 is 20.5 Å². The summed E-state index contributed by atoms with van der Waals surface area (Å²) in [5.41, 5.74) is 1.89. The van der Waals surface area contributed by atoms with Crippen molar-refractivity contribution < 1.29 is 23.8 Å². The van der Waals surface area contributed by atoms with Crippen molar-refractivity contribution in [3.05, 3.63) is 51.4 Å². The van der Waals surface area contributed by atoms with Crippen molar-refractivity contribution in [1.29, 1.82) is 0 Å². The van der Waals surface area contributed by atoms with Crippen molar-refractivity contribution in [3.8, 4) is 11.5 Å². The van der Waals surface area contributed by atoms with E-state index < -0.39 is 18.0 Å². The van der Waals surface area contributed by atoms with Crippen LogP contribution in [0, 0.1) is 0 Å². The van der Waals surface area contributed by atoms with Crippen LogP contribution in [0.4, 0.5) is 5.69 Å². The summed E-state index contributed by atoms with van der Waals surface area (Å²) in [6, 6.07) is 8.21. The maximum absolute atomic E-state index is 12.4. The number of aromatic amines is 2. The first-order valence-electron chi connectivity index (χ1n) is 9.69.